The van der Waals surface area contributed by atoms with Crippen LogP contribution in [0, 0.1) is 0 Å². The SMILES string of the molecule is CCCC.c1ccc2cc3c(cc(-c4cc5cc6ccccc6cc5c5ccccc45)c4ccccc43)cc2c1. The Morgan fingerprint density at radius 2 is 0.625 bits per heavy atom. The highest BCUT2D eigenvalue weighted by Gasteiger charge is 2.14. The number of benzene rings is 8. The molecule has 0 N–H and O–H groups in total. The van der Waals surface area contributed by atoms with Gasteiger partial charge in [-0.2, -0.15) is 0 Å². The highest BCUT2D eigenvalue weighted by atomic mass is 14.2. The molecule has 8 aromatic carbocycles. The molecule has 192 valence electrons. The van der Waals surface area contributed by atoms with Crippen molar-refractivity contribution in [2.24, 2.45) is 0 Å². The second kappa shape index (κ2) is 10.1. The zero-order valence-corrected chi connectivity index (χ0v) is 23.1. The van der Waals surface area contributed by atoms with E-state index in [-0.39, 0.29) is 0 Å². The average Bonchev–Trinajstić information content (AvgIpc) is 3.02. The van der Waals surface area contributed by atoms with Gasteiger partial charge in [0, 0.05) is 0 Å². The van der Waals surface area contributed by atoms with Gasteiger partial charge in [-0.05, 0) is 112 Å². The van der Waals surface area contributed by atoms with E-state index >= 15 is 0 Å². The van der Waals surface area contributed by atoms with Crippen molar-refractivity contribution in [3.63, 3.8) is 0 Å². The highest BCUT2D eigenvalue weighted by molar-refractivity contribution is 6.22. The molecule has 40 heavy (non-hydrogen) atoms. The van der Waals surface area contributed by atoms with Gasteiger partial charge in [0.15, 0.2) is 0 Å². The van der Waals surface area contributed by atoms with Crippen LogP contribution in [0.4, 0.5) is 0 Å². The van der Waals surface area contributed by atoms with Gasteiger partial charge < -0.3 is 0 Å². The smallest absolute Gasteiger partial charge is 0.00926 e. The number of rotatable bonds is 2. The van der Waals surface area contributed by atoms with Crippen LogP contribution in [0.2, 0.25) is 0 Å². The third-order valence-electron chi connectivity index (χ3n) is 8.24. The molecule has 0 amide bonds. The van der Waals surface area contributed by atoms with E-state index in [1.54, 1.807) is 0 Å². The fraction of sp³-hybridized carbons (Fsp3) is 0.100. The Morgan fingerprint density at radius 1 is 0.300 bits per heavy atom. The normalized spacial score (nSPS) is 11.4. The monoisotopic (exact) mass is 512 g/mol. The Balaban J connectivity index is 0.000000623. The highest BCUT2D eigenvalue weighted by Crippen LogP contribution is 2.42. The maximum atomic E-state index is 2.40. The van der Waals surface area contributed by atoms with Crippen molar-refractivity contribution in [3.05, 3.63) is 133 Å². The van der Waals surface area contributed by atoms with Crippen molar-refractivity contribution in [2.75, 3.05) is 0 Å². The van der Waals surface area contributed by atoms with Crippen LogP contribution in [0.5, 0.6) is 0 Å². The molecule has 0 aromatic heterocycles. The summed E-state index contributed by atoms with van der Waals surface area (Å²) in [4.78, 5) is 0. The van der Waals surface area contributed by atoms with Crippen molar-refractivity contribution >= 4 is 64.6 Å². The van der Waals surface area contributed by atoms with Crippen LogP contribution in [0.25, 0.3) is 75.8 Å². The molecule has 0 unspecified atom stereocenters. The van der Waals surface area contributed by atoms with Crippen molar-refractivity contribution in [2.45, 2.75) is 26.7 Å². The van der Waals surface area contributed by atoms with E-state index in [1.807, 2.05) is 0 Å². The number of unbranched alkanes of at least 4 members (excludes halogenated alkanes) is 1. The van der Waals surface area contributed by atoms with Crippen LogP contribution < -0.4 is 0 Å². The lowest BCUT2D eigenvalue weighted by molar-refractivity contribution is 0.886. The minimum atomic E-state index is 1.28. The van der Waals surface area contributed by atoms with Gasteiger partial charge in [-0.3, -0.25) is 0 Å². The molecule has 0 bridgehead atoms. The number of hydrogen-bond donors (Lipinski definition) is 0. The van der Waals surface area contributed by atoms with Crippen molar-refractivity contribution in [3.8, 4) is 11.1 Å². The second-order valence-corrected chi connectivity index (χ2v) is 10.8. The van der Waals surface area contributed by atoms with Gasteiger partial charge in [0.1, 0.15) is 0 Å². The van der Waals surface area contributed by atoms with Gasteiger partial charge in [-0.1, -0.05) is 124 Å². The molecule has 8 rings (SSSR count). The third kappa shape index (κ3) is 4.08. The van der Waals surface area contributed by atoms with E-state index < -0.39 is 0 Å². The molecular formula is C40H32. The Kier molecular flexibility index (Phi) is 6.17. The summed E-state index contributed by atoms with van der Waals surface area (Å²) >= 11 is 0. The molecule has 0 fully saturated rings. The van der Waals surface area contributed by atoms with Gasteiger partial charge in [0.25, 0.3) is 0 Å². The fourth-order valence-corrected chi connectivity index (χ4v) is 6.04. The van der Waals surface area contributed by atoms with Crippen LogP contribution in [-0.2, 0) is 0 Å². The quantitative estimate of drug-likeness (QED) is 0.160. The molecule has 0 heterocycles. The van der Waals surface area contributed by atoms with E-state index in [4.69, 9.17) is 0 Å². The van der Waals surface area contributed by atoms with Gasteiger partial charge in [-0.15, -0.1) is 0 Å². The molecule has 0 heteroatoms. The summed E-state index contributed by atoms with van der Waals surface area (Å²) in [6.07, 6.45) is 2.64. The lowest BCUT2D eigenvalue weighted by atomic mass is 9.87. The Morgan fingerprint density at radius 3 is 1.00 bits per heavy atom. The molecule has 8 aromatic rings. The van der Waals surface area contributed by atoms with E-state index in [0.717, 1.165) is 0 Å². The molecule has 0 aliphatic rings. The summed E-state index contributed by atoms with van der Waals surface area (Å²) in [5.41, 5.74) is 2.58. The van der Waals surface area contributed by atoms with Crippen molar-refractivity contribution < 1.29 is 0 Å². The van der Waals surface area contributed by atoms with Gasteiger partial charge in [-0.25, -0.2) is 0 Å². The third-order valence-corrected chi connectivity index (χ3v) is 8.24. The van der Waals surface area contributed by atoms with Crippen LogP contribution in [0.3, 0.4) is 0 Å². The topological polar surface area (TPSA) is 0 Å². The average molecular weight is 513 g/mol. The zero-order valence-electron chi connectivity index (χ0n) is 23.1. The number of hydrogen-bond acceptors (Lipinski definition) is 0. The second-order valence-electron chi connectivity index (χ2n) is 10.8. The summed E-state index contributed by atoms with van der Waals surface area (Å²) in [6, 6.07) is 49.2. The molecule has 0 aliphatic carbocycles. The fourth-order valence-electron chi connectivity index (χ4n) is 6.04. The van der Waals surface area contributed by atoms with Crippen molar-refractivity contribution in [1.29, 1.82) is 0 Å². The summed E-state index contributed by atoms with van der Waals surface area (Å²) in [6.45, 7) is 4.36. The lowest BCUT2D eigenvalue weighted by Crippen LogP contribution is -1.89. The number of fused-ring (bicyclic) bond motifs is 8. The molecule has 0 saturated heterocycles. The molecule has 0 saturated carbocycles. The molecule has 0 atom stereocenters. The first-order valence-corrected chi connectivity index (χ1v) is 14.4. The summed E-state index contributed by atoms with van der Waals surface area (Å²) in [5.74, 6) is 0. The zero-order chi connectivity index (χ0) is 27.1. The maximum Gasteiger partial charge on any atom is -0.00926 e. The van der Waals surface area contributed by atoms with Crippen LogP contribution >= 0.6 is 0 Å². The lowest BCUT2D eigenvalue weighted by Gasteiger charge is -2.16. The molecule has 0 nitrogen and oxygen atoms in total. The van der Waals surface area contributed by atoms with Crippen LogP contribution in [-0.4, -0.2) is 0 Å². The minimum Gasteiger partial charge on any atom is -0.0654 e. The van der Waals surface area contributed by atoms with E-state index in [1.165, 1.54) is 88.6 Å². The van der Waals surface area contributed by atoms with E-state index in [0.29, 0.717) is 0 Å². The summed E-state index contributed by atoms with van der Waals surface area (Å²) in [7, 11) is 0. The first kappa shape index (κ1) is 24.4. The van der Waals surface area contributed by atoms with Gasteiger partial charge in [0.05, 0.1) is 0 Å². The predicted octanol–water partition coefficient (Wildman–Crippen LogP) is 12.1. The summed E-state index contributed by atoms with van der Waals surface area (Å²) < 4.78 is 0. The minimum absolute atomic E-state index is 1.28. The van der Waals surface area contributed by atoms with Crippen LogP contribution in [0.1, 0.15) is 26.7 Å². The van der Waals surface area contributed by atoms with Crippen LogP contribution in [0.15, 0.2) is 133 Å². The van der Waals surface area contributed by atoms with Crippen molar-refractivity contribution in [1.82, 2.24) is 0 Å². The molecule has 0 aliphatic heterocycles. The van der Waals surface area contributed by atoms with E-state index in [2.05, 4.69) is 147 Å². The predicted molar refractivity (Wildman–Crippen MR) is 177 cm³/mol. The largest absolute Gasteiger partial charge is 0.0654 e. The first-order chi connectivity index (χ1) is 19.7. The Bertz CT molecular complexity index is 2020. The Hall–Kier alpha value is -4.68. The molecule has 0 radical (unpaired) electrons. The van der Waals surface area contributed by atoms with Gasteiger partial charge >= 0.3 is 0 Å². The molecular weight excluding hydrogens is 480 g/mol. The summed E-state index contributed by atoms with van der Waals surface area (Å²) in [5, 5.41) is 15.5. The van der Waals surface area contributed by atoms with Gasteiger partial charge in [0.2, 0.25) is 0 Å². The molecule has 0 spiro atoms. The Labute approximate surface area is 235 Å². The maximum absolute atomic E-state index is 2.40. The van der Waals surface area contributed by atoms with E-state index in [9.17, 15) is 0 Å². The standard InChI is InChI=1S/C36H22.C4H10/c1-3-11-25-19-33-27(17-23(25)9-1)21-35(31-15-7-5-13-29(31)33)36-22-28-18-24-10-2-4-12-26(24)20-34(28)30-14-6-8-16-32(30)36;1-3-4-2/h1-22H;3-4H2,1-2H3. The first-order valence-electron chi connectivity index (χ1n) is 14.4.